The lowest BCUT2D eigenvalue weighted by molar-refractivity contribution is -0.116. The second kappa shape index (κ2) is 12.3. The highest BCUT2D eigenvalue weighted by Gasteiger charge is 2.28. The van der Waals surface area contributed by atoms with Crippen molar-refractivity contribution in [3.8, 4) is 17.2 Å². The zero-order valence-electron chi connectivity index (χ0n) is 24.1. The number of hydrogen-bond acceptors (Lipinski definition) is 5. The first-order valence-corrected chi connectivity index (χ1v) is 13.6. The molecule has 2 aromatic carbocycles. The Morgan fingerprint density at radius 3 is 2.18 bits per heavy atom. The molecule has 0 radical (unpaired) electrons. The third-order valence-electron chi connectivity index (χ3n) is 7.51. The van der Waals surface area contributed by atoms with E-state index in [2.05, 4.69) is 69.3 Å². The van der Waals surface area contributed by atoms with Gasteiger partial charge in [0.25, 0.3) is 5.91 Å². The fourth-order valence-corrected chi connectivity index (χ4v) is 4.05. The van der Waals surface area contributed by atoms with E-state index in [1.54, 1.807) is 24.3 Å². The Kier molecular flexibility index (Phi) is 9.38. The molecule has 0 atom stereocenters. The molecule has 3 rings (SSSR count). The molecule has 1 aromatic heterocycles. The smallest absolute Gasteiger partial charge is 0.256 e. The monoisotopic (exact) mass is 531 g/mol. The van der Waals surface area contributed by atoms with Crippen LogP contribution in [0, 0.1) is 0 Å². The minimum atomic E-state index is -0.431. The van der Waals surface area contributed by atoms with E-state index in [9.17, 15) is 14.7 Å². The molecule has 0 unspecified atom stereocenters. The first-order valence-electron chi connectivity index (χ1n) is 13.6. The van der Waals surface area contributed by atoms with Crippen molar-refractivity contribution in [2.75, 3.05) is 10.6 Å². The summed E-state index contributed by atoms with van der Waals surface area (Å²) in [7, 11) is 0. The van der Waals surface area contributed by atoms with E-state index in [4.69, 9.17) is 4.74 Å². The molecule has 7 nitrogen and oxygen atoms in total. The molecule has 0 bridgehead atoms. The summed E-state index contributed by atoms with van der Waals surface area (Å²) in [6.07, 6.45) is 4.18. The molecule has 0 aliphatic carbocycles. The number of carbonyl (C=O) groups is 2. The van der Waals surface area contributed by atoms with Gasteiger partial charge in [-0.05, 0) is 53.9 Å². The summed E-state index contributed by atoms with van der Waals surface area (Å²) in [5, 5.41) is 16.5. The molecule has 7 heteroatoms. The molecule has 39 heavy (non-hydrogen) atoms. The highest BCUT2D eigenvalue weighted by atomic mass is 16.5. The van der Waals surface area contributed by atoms with Gasteiger partial charge < -0.3 is 20.5 Å². The predicted molar refractivity (Wildman–Crippen MR) is 157 cm³/mol. The Morgan fingerprint density at radius 2 is 1.56 bits per heavy atom. The Bertz CT molecular complexity index is 1320. The number of benzene rings is 2. The van der Waals surface area contributed by atoms with Crippen LogP contribution >= 0.6 is 0 Å². The van der Waals surface area contributed by atoms with Gasteiger partial charge in [-0.2, -0.15) is 0 Å². The minimum absolute atomic E-state index is 0.00514. The summed E-state index contributed by atoms with van der Waals surface area (Å²) in [5.74, 6) is -0.355. The van der Waals surface area contributed by atoms with Crippen molar-refractivity contribution in [1.29, 1.82) is 0 Å². The largest absolute Gasteiger partial charge is 0.503 e. The Labute approximate surface area is 232 Å². The van der Waals surface area contributed by atoms with Crippen LogP contribution in [0.2, 0.25) is 0 Å². The van der Waals surface area contributed by atoms with Gasteiger partial charge in [0, 0.05) is 17.5 Å². The number of aromatic nitrogens is 1. The molecule has 2 amide bonds. The number of ether oxygens (including phenoxy) is 1. The molecular weight excluding hydrogens is 490 g/mol. The van der Waals surface area contributed by atoms with Crippen molar-refractivity contribution < 1.29 is 19.4 Å². The van der Waals surface area contributed by atoms with E-state index >= 15 is 0 Å². The van der Waals surface area contributed by atoms with Crippen LogP contribution in [0.3, 0.4) is 0 Å². The number of carbonyl (C=O) groups excluding carboxylic acids is 2. The maximum atomic E-state index is 12.7. The van der Waals surface area contributed by atoms with Crippen molar-refractivity contribution in [3.63, 3.8) is 0 Å². The molecule has 0 saturated heterocycles. The predicted octanol–water partition coefficient (Wildman–Crippen LogP) is 7.95. The zero-order valence-corrected chi connectivity index (χ0v) is 24.1. The number of rotatable bonds is 11. The van der Waals surface area contributed by atoms with E-state index in [0.717, 1.165) is 18.4 Å². The average Bonchev–Trinajstić information content (AvgIpc) is 2.92. The van der Waals surface area contributed by atoms with Crippen LogP contribution in [0.15, 0.2) is 54.7 Å². The molecule has 208 valence electrons. The number of aromatic hydroxyl groups is 1. The van der Waals surface area contributed by atoms with E-state index in [0.29, 0.717) is 17.7 Å². The van der Waals surface area contributed by atoms with Crippen LogP contribution in [0.5, 0.6) is 17.2 Å². The van der Waals surface area contributed by atoms with Gasteiger partial charge in [0.2, 0.25) is 5.91 Å². The van der Waals surface area contributed by atoms with Gasteiger partial charge in [0.15, 0.2) is 17.3 Å². The van der Waals surface area contributed by atoms with Crippen molar-refractivity contribution in [1.82, 2.24) is 4.98 Å². The third-order valence-corrected chi connectivity index (χ3v) is 7.51. The average molecular weight is 532 g/mol. The first kappa shape index (κ1) is 29.7. The molecule has 0 fully saturated rings. The Hall–Kier alpha value is -3.87. The molecule has 3 aromatic rings. The lowest BCUT2D eigenvalue weighted by Gasteiger charge is -2.30. The summed E-state index contributed by atoms with van der Waals surface area (Å²) >= 11 is 0. The van der Waals surface area contributed by atoms with Crippen LogP contribution in [0.4, 0.5) is 11.5 Å². The molecular formula is C32H41N3O4. The first-order chi connectivity index (χ1) is 18.4. The zero-order chi connectivity index (χ0) is 28.8. The maximum Gasteiger partial charge on any atom is 0.256 e. The fourth-order valence-electron chi connectivity index (χ4n) is 4.05. The van der Waals surface area contributed by atoms with Crippen molar-refractivity contribution in [3.05, 3.63) is 71.4 Å². The van der Waals surface area contributed by atoms with Crippen LogP contribution in [-0.4, -0.2) is 21.9 Å². The summed E-state index contributed by atoms with van der Waals surface area (Å²) < 4.78 is 6.38. The van der Waals surface area contributed by atoms with Gasteiger partial charge in [-0.25, -0.2) is 4.98 Å². The number of hydrogen-bond donors (Lipinski definition) is 3. The van der Waals surface area contributed by atoms with Gasteiger partial charge >= 0.3 is 0 Å². The second-order valence-electron chi connectivity index (χ2n) is 11.1. The van der Waals surface area contributed by atoms with Gasteiger partial charge in [0.1, 0.15) is 11.4 Å². The fraction of sp³-hybridized carbons (Fsp3) is 0.406. The number of nitrogens with one attached hydrogen (secondary N) is 2. The third kappa shape index (κ3) is 6.96. The van der Waals surface area contributed by atoms with Crippen LogP contribution in [0.1, 0.15) is 95.6 Å². The standard InChI is InChI=1S/C32H41N3O4/c1-8-14-26(36)34-27-25(20-33-29(28(27)37)35-30(38)21-15-12-11-13-16-21)39-24-18-17-22(31(4,5)9-2)19-23(24)32(6,7)10-3/h11-13,15-20,37H,8-10,14H2,1-7H3,(H2,33,34,35,36,38). The number of nitrogens with zero attached hydrogens (tertiary/aromatic N) is 1. The van der Waals surface area contributed by atoms with Crippen LogP contribution < -0.4 is 15.4 Å². The van der Waals surface area contributed by atoms with E-state index in [1.807, 2.05) is 19.1 Å². The topological polar surface area (TPSA) is 101 Å². The normalized spacial score (nSPS) is 11.7. The summed E-state index contributed by atoms with van der Waals surface area (Å²) in [6, 6.07) is 14.8. The van der Waals surface area contributed by atoms with Crippen LogP contribution in [0.25, 0.3) is 0 Å². The van der Waals surface area contributed by atoms with Crippen molar-refractivity contribution in [2.24, 2.45) is 0 Å². The van der Waals surface area contributed by atoms with E-state index in [1.165, 1.54) is 11.8 Å². The molecule has 0 aliphatic rings. The van der Waals surface area contributed by atoms with Crippen molar-refractivity contribution in [2.45, 2.75) is 85.0 Å². The van der Waals surface area contributed by atoms with Crippen molar-refractivity contribution >= 4 is 23.3 Å². The van der Waals surface area contributed by atoms with Gasteiger partial charge in [-0.1, -0.05) is 78.8 Å². The number of pyridine rings is 1. The molecule has 1 heterocycles. The highest BCUT2D eigenvalue weighted by molar-refractivity contribution is 6.05. The quantitative estimate of drug-likeness (QED) is 0.233. The van der Waals surface area contributed by atoms with E-state index < -0.39 is 5.91 Å². The lowest BCUT2D eigenvalue weighted by Crippen LogP contribution is -2.21. The number of amides is 2. The Morgan fingerprint density at radius 1 is 0.897 bits per heavy atom. The molecule has 0 saturated carbocycles. The van der Waals surface area contributed by atoms with Gasteiger partial charge in [-0.15, -0.1) is 0 Å². The molecule has 0 spiro atoms. The van der Waals surface area contributed by atoms with Crippen LogP contribution in [-0.2, 0) is 15.6 Å². The highest BCUT2D eigenvalue weighted by Crippen LogP contribution is 2.44. The maximum absolute atomic E-state index is 12.7. The second-order valence-corrected chi connectivity index (χ2v) is 11.1. The molecule has 0 aliphatic heterocycles. The minimum Gasteiger partial charge on any atom is -0.503 e. The summed E-state index contributed by atoms with van der Waals surface area (Å²) in [4.78, 5) is 29.6. The summed E-state index contributed by atoms with van der Waals surface area (Å²) in [5.41, 5.74) is 2.51. The van der Waals surface area contributed by atoms with E-state index in [-0.39, 0.29) is 46.2 Å². The SMILES string of the molecule is CCCC(=O)Nc1c(Oc2ccc(C(C)(C)CC)cc2C(C)(C)CC)cnc(NC(=O)c2ccccc2)c1O. The Balaban J connectivity index is 2.08. The summed E-state index contributed by atoms with van der Waals surface area (Å²) in [6.45, 7) is 15.0. The number of anilines is 2. The van der Waals surface area contributed by atoms with Gasteiger partial charge in [-0.3, -0.25) is 9.59 Å². The van der Waals surface area contributed by atoms with Gasteiger partial charge in [0.05, 0.1) is 6.20 Å². The lowest BCUT2D eigenvalue weighted by atomic mass is 9.76. The molecule has 3 N–H and O–H groups in total.